The Hall–Kier alpha value is -0.610. The van der Waals surface area contributed by atoms with Gasteiger partial charge in [-0.3, -0.25) is 4.79 Å². The first-order valence-electron chi connectivity index (χ1n) is 5.85. The summed E-state index contributed by atoms with van der Waals surface area (Å²) in [7, 11) is 0. The lowest BCUT2D eigenvalue weighted by Gasteiger charge is -2.10. The van der Waals surface area contributed by atoms with Crippen LogP contribution in [0.3, 0.4) is 0 Å². The van der Waals surface area contributed by atoms with Gasteiger partial charge >= 0.3 is 0 Å². The Morgan fingerprint density at radius 3 is 3.12 bits per heavy atom. The Morgan fingerprint density at radius 2 is 2.38 bits per heavy atom. The molecule has 1 fully saturated rings. The van der Waals surface area contributed by atoms with Crippen LogP contribution in [0.2, 0.25) is 0 Å². The Balaban J connectivity index is 1.84. The van der Waals surface area contributed by atoms with Crippen LogP contribution in [-0.2, 0) is 6.54 Å². The third-order valence-electron chi connectivity index (χ3n) is 3.06. The van der Waals surface area contributed by atoms with E-state index in [-0.39, 0.29) is 5.56 Å². The summed E-state index contributed by atoms with van der Waals surface area (Å²) in [6.45, 7) is 1.97. The van der Waals surface area contributed by atoms with Crippen LogP contribution < -0.4 is 10.9 Å². The van der Waals surface area contributed by atoms with Crippen LogP contribution >= 0.6 is 15.9 Å². The second-order valence-corrected chi connectivity index (χ2v) is 5.23. The molecule has 0 bridgehead atoms. The van der Waals surface area contributed by atoms with Crippen LogP contribution in [0.1, 0.15) is 25.7 Å². The molecular weight excluding hydrogens is 268 g/mol. The van der Waals surface area contributed by atoms with E-state index in [0.29, 0.717) is 6.04 Å². The van der Waals surface area contributed by atoms with E-state index < -0.39 is 0 Å². The Kier molecular flexibility index (Phi) is 4.18. The lowest BCUT2D eigenvalue weighted by atomic mass is 10.1. The SMILES string of the molecule is O=c1ccc(Br)cn1CCCC1CCCN1. The molecule has 0 radical (unpaired) electrons. The summed E-state index contributed by atoms with van der Waals surface area (Å²) in [6, 6.07) is 4.07. The molecule has 0 spiro atoms. The molecule has 88 valence electrons. The smallest absolute Gasteiger partial charge is 0.250 e. The van der Waals surface area contributed by atoms with Gasteiger partial charge in [0.05, 0.1) is 0 Å². The molecule has 1 aliphatic rings. The van der Waals surface area contributed by atoms with Crippen LogP contribution in [-0.4, -0.2) is 17.2 Å². The van der Waals surface area contributed by atoms with E-state index in [9.17, 15) is 4.79 Å². The van der Waals surface area contributed by atoms with E-state index in [1.54, 1.807) is 16.7 Å². The van der Waals surface area contributed by atoms with Crippen molar-refractivity contribution >= 4 is 15.9 Å². The number of hydrogen-bond acceptors (Lipinski definition) is 2. The molecule has 1 saturated heterocycles. The molecule has 2 rings (SSSR count). The molecule has 0 amide bonds. The van der Waals surface area contributed by atoms with Gasteiger partial charge in [0, 0.05) is 29.3 Å². The molecule has 3 nitrogen and oxygen atoms in total. The first kappa shape index (κ1) is 11.9. The van der Waals surface area contributed by atoms with Crippen LogP contribution in [0.15, 0.2) is 27.6 Å². The van der Waals surface area contributed by atoms with Gasteiger partial charge < -0.3 is 9.88 Å². The largest absolute Gasteiger partial charge is 0.314 e. The summed E-state index contributed by atoms with van der Waals surface area (Å²) in [6.07, 6.45) is 6.67. The predicted octanol–water partition coefficient (Wildman–Crippen LogP) is 2.14. The van der Waals surface area contributed by atoms with Crippen molar-refractivity contribution in [2.45, 2.75) is 38.3 Å². The number of halogens is 1. The van der Waals surface area contributed by atoms with Gasteiger partial charge in [-0.15, -0.1) is 0 Å². The van der Waals surface area contributed by atoms with Crippen molar-refractivity contribution < 1.29 is 0 Å². The Labute approximate surface area is 104 Å². The highest BCUT2D eigenvalue weighted by atomic mass is 79.9. The zero-order valence-corrected chi connectivity index (χ0v) is 10.9. The highest BCUT2D eigenvalue weighted by molar-refractivity contribution is 9.10. The molecule has 1 aromatic heterocycles. The summed E-state index contributed by atoms with van der Waals surface area (Å²) in [4.78, 5) is 11.5. The fourth-order valence-electron chi connectivity index (χ4n) is 2.19. The predicted molar refractivity (Wildman–Crippen MR) is 68.7 cm³/mol. The van der Waals surface area contributed by atoms with Gasteiger partial charge in [-0.2, -0.15) is 0 Å². The maximum absolute atomic E-state index is 11.5. The molecule has 2 heterocycles. The normalized spacial score (nSPS) is 20.2. The summed E-state index contributed by atoms with van der Waals surface area (Å²) in [5.41, 5.74) is 0.0857. The van der Waals surface area contributed by atoms with Gasteiger partial charge in [0.2, 0.25) is 0 Å². The van der Waals surface area contributed by atoms with Gasteiger partial charge in [-0.05, 0) is 54.2 Å². The summed E-state index contributed by atoms with van der Waals surface area (Å²) in [5, 5.41) is 3.47. The molecular formula is C12H17BrN2O. The minimum absolute atomic E-state index is 0.0857. The van der Waals surface area contributed by atoms with E-state index in [1.807, 2.05) is 6.20 Å². The van der Waals surface area contributed by atoms with Crippen molar-refractivity contribution in [2.75, 3.05) is 6.54 Å². The molecule has 0 aliphatic carbocycles. The van der Waals surface area contributed by atoms with Crippen molar-refractivity contribution in [1.29, 1.82) is 0 Å². The first-order chi connectivity index (χ1) is 7.75. The van der Waals surface area contributed by atoms with E-state index in [2.05, 4.69) is 21.2 Å². The van der Waals surface area contributed by atoms with Crippen LogP contribution in [0.4, 0.5) is 0 Å². The average Bonchev–Trinajstić information content (AvgIpc) is 2.76. The third-order valence-corrected chi connectivity index (χ3v) is 3.53. The zero-order chi connectivity index (χ0) is 11.4. The average molecular weight is 285 g/mol. The van der Waals surface area contributed by atoms with Crippen molar-refractivity contribution in [2.24, 2.45) is 0 Å². The van der Waals surface area contributed by atoms with Crippen molar-refractivity contribution in [3.63, 3.8) is 0 Å². The third kappa shape index (κ3) is 3.19. The molecule has 0 saturated carbocycles. The highest BCUT2D eigenvalue weighted by Gasteiger charge is 2.12. The molecule has 0 aromatic carbocycles. The molecule has 1 aliphatic heterocycles. The first-order valence-corrected chi connectivity index (χ1v) is 6.64. The monoisotopic (exact) mass is 284 g/mol. The highest BCUT2D eigenvalue weighted by Crippen LogP contribution is 2.11. The molecule has 4 heteroatoms. The second-order valence-electron chi connectivity index (χ2n) is 4.31. The van der Waals surface area contributed by atoms with Gasteiger partial charge in [-0.25, -0.2) is 0 Å². The summed E-state index contributed by atoms with van der Waals surface area (Å²) in [5.74, 6) is 0. The molecule has 1 aromatic rings. The van der Waals surface area contributed by atoms with Crippen LogP contribution in [0.25, 0.3) is 0 Å². The number of aryl methyl sites for hydroxylation is 1. The summed E-state index contributed by atoms with van der Waals surface area (Å²) < 4.78 is 2.74. The van der Waals surface area contributed by atoms with Gasteiger partial charge in [0.15, 0.2) is 0 Å². The molecule has 1 unspecified atom stereocenters. The van der Waals surface area contributed by atoms with Crippen LogP contribution in [0.5, 0.6) is 0 Å². The van der Waals surface area contributed by atoms with E-state index >= 15 is 0 Å². The number of rotatable bonds is 4. The topological polar surface area (TPSA) is 34.0 Å². The van der Waals surface area contributed by atoms with Gasteiger partial charge in [0.1, 0.15) is 0 Å². The van der Waals surface area contributed by atoms with E-state index in [1.165, 1.54) is 19.3 Å². The maximum atomic E-state index is 11.5. The molecule has 1 N–H and O–H groups in total. The molecule has 16 heavy (non-hydrogen) atoms. The fraction of sp³-hybridized carbons (Fsp3) is 0.583. The summed E-state index contributed by atoms with van der Waals surface area (Å²) >= 11 is 3.38. The molecule has 1 atom stereocenters. The number of pyridine rings is 1. The van der Waals surface area contributed by atoms with E-state index in [4.69, 9.17) is 0 Å². The Morgan fingerprint density at radius 1 is 1.50 bits per heavy atom. The van der Waals surface area contributed by atoms with Crippen LogP contribution in [0, 0.1) is 0 Å². The number of nitrogens with zero attached hydrogens (tertiary/aromatic N) is 1. The van der Waals surface area contributed by atoms with Gasteiger partial charge in [-0.1, -0.05) is 0 Å². The number of nitrogens with one attached hydrogen (secondary N) is 1. The van der Waals surface area contributed by atoms with Crippen molar-refractivity contribution in [3.8, 4) is 0 Å². The number of aromatic nitrogens is 1. The fourth-order valence-corrected chi connectivity index (χ4v) is 2.57. The van der Waals surface area contributed by atoms with E-state index in [0.717, 1.165) is 24.0 Å². The van der Waals surface area contributed by atoms with Crippen molar-refractivity contribution in [3.05, 3.63) is 33.2 Å². The van der Waals surface area contributed by atoms with Crippen molar-refractivity contribution in [1.82, 2.24) is 9.88 Å². The number of hydrogen-bond donors (Lipinski definition) is 1. The lowest BCUT2D eigenvalue weighted by Crippen LogP contribution is -2.23. The Bertz CT molecular complexity index is 396. The minimum atomic E-state index is 0.0857. The second kappa shape index (κ2) is 5.64. The quantitative estimate of drug-likeness (QED) is 0.919. The minimum Gasteiger partial charge on any atom is -0.314 e. The van der Waals surface area contributed by atoms with Gasteiger partial charge in [0.25, 0.3) is 5.56 Å². The maximum Gasteiger partial charge on any atom is 0.250 e. The lowest BCUT2D eigenvalue weighted by molar-refractivity contribution is 0.497. The standard InChI is InChI=1S/C12H17BrN2O/c13-10-5-6-12(16)15(9-10)8-2-4-11-3-1-7-14-11/h5-6,9,11,14H,1-4,7-8H2. The zero-order valence-electron chi connectivity index (χ0n) is 9.29.